The Hall–Kier alpha value is -1.10. The first-order valence-corrected chi connectivity index (χ1v) is 7.31. The van der Waals surface area contributed by atoms with Crippen LogP contribution in [0.4, 0.5) is 0 Å². The molecule has 108 valence electrons. The maximum atomic E-state index is 12.0. The molecule has 19 heavy (non-hydrogen) atoms. The fraction of sp³-hybridized carbons (Fsp3) is 0.857. The summed E-state index contributed by atoms with van der Waals surface area (Å²) in [4.78, 5) is 24.8. The molecule has 1 amide bonds. The molecule has 0 spiro atoms. The number of hydrogen-bond acceptors (Lipinski definition) is 3. The van der Waals surface area contributed by atoms with Gasteiger partial charge in [0, 0.05) is 12.6 Å². The fourth-order valence-electron chi connectivity index (χ4n) is 3.16. The highest BCUT2D eigenvalue weighted by Crippen LogP contribution is 2.23. The summed E-state index contributed by atoms with van der Waals surface area (Å²) in [7, 11) is 0. The molecule has 5 heteroatoms. The molecule has 0 radical (unpaired) electrons. The summed E-state index contributed by atoms with van der Waals surface area (Å²) >= 11 is 0. The Morgan fingerprint density at radius 1 is 1.26 bits per heavy atom. The van der Waals surface area contributed by atoms with E-state index in [-0.39, 0.29) is 11.8 Å². The topological polar surface area (TPSA) is 69.6 Å². The van der Waals surface area contributed by atoms with E-state index in [1.165, 1.54) is 19.3 Å². The van der Waals surface area contributed by atoms with Gasteiger partial charge in [0.15, 0.2) is 0 Å². The van der Waals surface area contributed by atoms with Crippen LogP contribution in [0.25, 0.3) is 0 Å². The highest BCUT2D eigenvalue weighted by Gasteiger charge is 2.30. The maximum Gasteiger partial charge on any atom is 0.307 e. The third-order valence-electron chi connectivity index (χ3n) is 4.45. The fourth-order valence-corrected chi connectivity index (χ4v) is 3.16. The van der Waals surface area contributed by atoms with Crippen LogP contribution in [0, 0.1) is 11.8 Å². The average molecular weight is 268 g/mol. The molecule has 2 rings (SSSR count). The van der Waals surface area contributed by atoms with Gasteiger partial charge in [0.25, 0.3) is 0 Å². The molecule has 1 aliphatic carbocycles. The molecule has 2 fully saturated rings. The summed E-state index contributed by atoms with van der Waals surface area (Å²) in [5.74, 6) is -0.446. The molecular weight excluding hydrogens is 244 g/mol. The standard InChI is InChI=1S/C14H24N2O3/c1-10-4-2-3-5-12(10)15-13(17)9-16-7-6-11(8-16)14(18)19/h10-12H,2-9H2,1H3,(H,15,17)(H,18,19)/t10-,11+,12-/m1/s1. The SMILES string of the molecule is C[C@@H]1CCCC[C@H]1NC(=O)CN1CC[C@H](C(=O)O)C1. The highest BCUT2D eigenvalue weighted by atomic mass is 16.4. The minimum atomic E-state index is -0.746. The zero-order chi connectivity index (χ0) is 13.8. The number of aliphatic carboxylic acids is 1. The maximum absolute atomic E-state index is 12.0. The summed E-state index contributed by atoms with van der Waals surface area (Å²) in [5.41, 5.74) is 0. The number of carboxylic acid groups (broad SMARTS) is 1. The third-order valence-corrected chi connectivity index (χ3v) is 4.45. The first kappa shape index (κ1) is 14.3. The van der Waals surface area contributed by atoms with Crippen LogP contribution in [0.2, 0.25) is 0 Å². The van der Waals surface area contributed by atoms with Gasteiger partial charge in [-0.2, -0.15) is 0 Å². The molecule has 1 aliphatic heterocycles. The van der Waals surface area contributed by atoms with Crippen molar-refractivity contribution in [2.75, 3.05) is 19.6 Å². The van der Waals surface area contributed by atoms with Crippen LogP contribution < -0.4 is 5.32 Å². The summed E-state index contributed by atoms with van der Waals surface area (Å²) in [6, 6.07) is 0.305. The van der Waals surface area contributed by atoms with E-state index in [1.807, 2.05) is 4.90 Å². The lowest BCUT2D eigenvalue weighted by Gasteiger charge is -2.30. The van der Waals surface area contributed by atoms with Crippen LogP contribution in [0.5, 0.6) is 0 Å². The van der Waals surface area contributed by atoms with Crippen molar-refractivity contribution in [3.8, 4) is 0 Å². The van der Waals surface area contributed by atoms with Crippen LogP contribution in [0.3, 0.4) is 0 Å². The van der Waals surface area contributed by atoms with Crippen molar-refractivity contribution in [2.24, 2.45) is 11.8 Å². The summed E-state index contributed by atoms with van der Waals surface area (Å²) in [6.45, 7) is 3.75. The lowest BCUT2D eigenvalue weighted by Crippen LogP contribution is -2.45. The molecule has 1 saturated carbocycles. The Morgan fingerprint density at radius 3 is 2.63 bits per heavy atom. The van der Waals surface area contributed by atoms with Gasteiger partial charge in [0.2, 0.25) is 5.91 Å². The molecule has 1 heterocycles. The lowest BCUT2D eigenvalue weighted by atomic mass is 9.86. The minimum absolute atomic E-state index is 0.0461. The minimum Gasteiger partial charge on any atom is -0.481 e. The van der Waals surface area contributed by atoms with E-state index >= 15 is 0 Å². The van der Waals surface area contributed by atoms with Crippen molar-refractivity contribution < 1.29 is 14.7 Å². The van der Waals surface area contributed by atoms with Gasteiger partial charge < -0.3 is 10.4 Å². The molecular formula is C14H24N2O3. The zero-order valence-electron chi connectivity index (χ0n) is 11.6. The van der Waals surface area contributed by atoms with Crippen LogP contribution in [-0.4, -0.2) is 47.6 Å². The summed E-state index contributed by atoms with van der Waals surface area (Å²) in [5, 5.41) is 12.0. The quantitative estimate of drug-likeness (QED) is 0.800. The van der Waals surface area contributed by atoms with Crippen molar-refractivity contribution in [3.05, 3.63) is 0 Å². The molecule has 0 aromatic carbocycles. The number of likely N-dealkylation sites (tertiary alicyclic amines) is 1. The van der Waals surface area contributed by atoms with E-state index in [9.17, 15) is 9.59 Å². The van der Waals surface area contributed by atoms with E-state index in [4.69, 9.17) is 5.11 Å². The number of carbonyl (C=O) groups excluding carboxylic acids is 1. The number of carboxylic acids is 1. The van der Waals surface area contributed by atoms with E-state index in [1.54, 1.807) is 0 Å². The lowest BCUT2D eigenvalue weighted by molar-refractivity contribution is -0.141. The van der Waals surface area contributed by atoms with Crippen molar-refractivity contribution >= 4 is 11.9 Å². The zero-order valence-corrected chi connectivity index (χ0v) is 11.6. The monoisotopic (exact) mass is 268 g/mol. The van der Waals surface area contributed by atoms with Gasteiger partial charge in [-0.05, 0) is 31.7 Å². The van der Waals surface area contributed by atoms with Crippen molar-refractivity contribution in [1.82, 2.24) is 10.2 Å². The van der Waals surface area contributed by atoms with Gasteiger partial charge in [-0.1, -0.05) is 19.8 Å². The van der Waals surface area contributed by atoms with Gasteiger partial charge in [-0.15, -0.1) is 0 Å². The second-order valence-corrected chi connectivity index (χ2v) is 5.99. The first-order chi connectivity index (χ1) is 9.06. The van der Waals surface area contributed by atoms with Crippen molar-refractivity contribution in [3.63, 3.8) is 0 Å². The van der Waals surface area contributed by atoms with Gasteiger partial charge in [0.1, 0.15) is 0 Å². The van der Waals surface area contributed by atoms with Crippen molar-refractivity contribution in [1.29, 1.82) is 0 Å². The van der Waals surface area contributed by atoms with Gasteiger partial charge in [-0.3, -0.25) is 14.5 Å². The Balaban J connectivity index is 1.74. The van der Waals surface area contributed by atoms with Crippen molar-refractivity contribution in [2.45, 2.75) is 45.1 Å². The molecule has 0 aromatic heterocycles. The van der Waals surface area contributed by atoms with Crippen LogP contribution in [-0.2, 0) is 9.59 Å². The Morgan fingerprint density at radius 2 is 2.00 bits per heavy atom. The Labute approximate surface area is 114 Å². The van der Waals surface area contributed by atoms with Gasteiger partial charge >= 0.3 is 5.97 Å². The number of amides is 1. The molecule has 3 atom stereocenters. The largest absolute Gasteiger partial charge is 0.481 e. The normalized spacial score (nSPS) is 32.2. The van der Waals surface area contributed by atoms with E-state index in [0.29, 0.717) is 38.0 Å². The molecule has 5 nitrogen and oxygen atoms in total. The average Bonchev–Trinajstić information content (AvgIpc) is 2.80. The van der Waals surface area contributed by atoms with Gasteiger partial charge in [0.05, 0.1) is 12.5 Å². The van der Waals surface area contributed by atoms with E-state index in [0.717, 1.165) is 6.42 Å². The Bertz CT molecular complexity index is 346. The smallest absolute Gasteiger partial charge is 0.307 e. The first-order valence-electron chi connectivity index (χ1n) is 7.31. The third kappa shape index (κ3) is 3.93. The molecule has 0 aromatic rings. The van der Waals surface area contributed by atoms with Crippen LogP contribution in [0.1, 0.15) is 39.0 Å². The molecule has 2 aliphatic rings. The number of nitrogens with zero attached hydrogens (tertiary/aromatic N) is 1. The molecule has 1 saturated heterocycles. The highest BCUT2D eigenvalue weighted by molar-refractivity contribution is 5.78. The number of hydrogen-bond donors (Lipinski definition) is 2. The molecule has 0 bridgehead atoms. The van der Waals surface area contributed by atoms with Crippen LogP contribution in [0.15, 0.2) is 0 Å². The van der Waals surface area contributed by atoms with Gasteiger partial charge in [-0.25, -0.2) is 0 Å². The van der Waals surface area contributed by atoms with E-state index in [2.05, 4.69) is 12.2 Å². The summed E-state index contributed by atoms with van der Waals surface area (Å²) < 4.78 is 0. The predicted octanol–water partition coefficient (Wildman–Crippen LogP) is 1.09. The number of carbonyl (C=O) groups is 2. The number of nitrogens with one attached hydrogen (secondary N) is 1. The second kappa shape index (κ2) is 6.37. The second-order valence-electron chi connectivity index (χ2n) is 5.99. The predicted molar refractivity (Wildman–Crippen MR) is 71.7 cm³/mol. The van der Waals surface area contributed by atoms with E-state index < -0.39 is 5.97 Å². The van der Waals surface area contributed by atoms with Crippen LogP contribution >= 0.6 is 0 Å². The Kier molecular flexibility index (Phi) is 4.80. The number of rotatable bonds is 4. The molecule has 0 unspecified atom stereocenters. The molecule has 2 N–H and O–H groups in total. The summed E-state index contributed by atoms with van der Waals surface area (Å²) in [6.07, 6.45) is 5.38.